The van der Waals surface area contributed by atoms with E-state index >= 15 is 0 Å². The third-order valence-electron chi connectivity index (χ3n) is 12.1. The van der Waals surface area contributed by atoms with Gasteiger partial charge in [0.25, 0.3) is 0 Å². The molecule has 12 N–H and O–H groups in total. The monoisotopic (exact) mass is 864 g/mol. The molecule has 332 valence electrons. The minimum atomic E-state index is -1.41. The molecule has 8 bridgehead atoms. The number of fused-ring (bicyclic) bond motifs is 8. The van der Waals surface area contributed by atoms with Crippen molar-refractivity contribution in [3.8, 4) is 0 Å². The molecule has 20 heteroatoms. The van der Waals surface area contributed by atoms with Crippen molar-refractivity contribution in [3.63, 3.8) is 0 Å². The summed E-state index contributed by atoms with van der Waals surface area (Å²) in [6.45, 7) is 3.19. The van der Waals surface area contributed by atoms with Gasteiger partial charge in [0.2, 0.25) is 0 Å². The molecule has 0 aliphatic carbocycles. The summed E-state index contributed by atoms with van der Waals surface area (Å²) in [5.74, 6) is -12.0. The second-order valence-corrected chi connectivity index (χ2v) is 16.3. The molecule has 2 aromatic rings. The summed E-state index contributed by atoms with van der Waals surface area (Å²) in [6, 6.07) is -1.96. The molecule has 3 aliphatic rings. The highest BCUT2D eigenvalue weighted by atomic mass is 16.4. The second kappa shape index (κ2) is 18.3. The summed E-state index contributed by atoms with van der Waals surface area (Å²) in [7, 11) is 0. The lowest BCUT2D eigenvalue weighted by Gasteiger charge is -2.33. The normalized spacial score (nSPS) is 26.7. The predicted octanol–water partition coefficient (Wildman–Crippen LogP) is 1.12. The molecule has 3 aliphatic heterocycles. The number of rotatable bonds is 19. The first-order valence-corrected chi connectivity index (χ1v) is 19.6. The Kier molecular flexibility index (Phi) is 13.6. The van der Waals surface area contributed by atoms with Crippen LogP contribution in [0.2, 0.25) is 0 Å². The van der Waals surface area contributed by atoms with Gasteiger partial charge in [0.05, 0.1) is 25.7 Å². The Labute approximate surface area is 352 Å². The standard InChI is InChI=1S/C42H48N4O16/c1-41(17-39(59)60)23(5-9-35(51)52)29-14-27-21(11-37(55)56)19(3-7-33(47)48)25(43-27)13-26-20(4-8-34(49)50)22(12-38(57)58)28(44-26)15-31-42(2,18-40(61)62)24(6-10-36(53)54)30(46-31)16-32(41)45-29/h6,10,13-16,23-24,30-31,43-46H,3-5,7-9,11-12,17-18H2,1-2H3,(H,47,48)(H,49,50)(H,51,52)(H,53,54)(H,55,56)(H,57,58)(H,59,60)(H,61,62)/b10-6+,26-13-,28-15-,29-14-,32-16-/t23-,24-,30?,31?,41+,42+/m1/s1. The van der Waals surface area contributed by atoms with E-state index in [1.165, 1.54) is 24.3 Å². The lowest BCUT2D eigenvalue weighted by Crippen LogP contribution is -2.38. The van der Waals surface area contributed by atoms with Crippen molar-refractivity contribution in [2.24, 2.45) is 22.7 Å². The Morgan fingerprint density at radius 1 is 0.629 bits per heavy atom. The number of nitrogens with one attached hydrogen (secondary N) is 4. The number of carbonyl (C=O) groups is 8. The summed E-state index contributed by atoms with van der Waals surface area (Å²) in [5.41, 5.74) is -1.23. The zero-order valence-electron chi connectivity index (χ0n) is 33.7. The van der Waals surface area contributed by atoms with E-state index in [9.17, 15) is 79.2 Å². The number of aliphatic carboxylic acids is 8. The topological polar surface area (TPSA) is 354 Å². The molecular formula is C42H48N4O16. The highest BCUT2D eigenvalue weighted by Gasteiger charge is 2.53. The molecule has 62 heavy (non-hydrogen) atoms. The molecule has 2 aromatic heterocycles. The van der Waals surface area contributed by atoms with E-state index < -0.39 is 127 Å². The van der Waals surface area contributed by atoms with Gasteiger partial charge in [-0.3, -0.25) is 33.6 Å². The van der Waals surface area contributed by atoms with Crippen molar-refractivity contribution < 1.29 is 79.2 Å². The van der Waals surface area contributed by atoms with Crippen molar-refractivity contribution in [2.45, 2.75) is 90.1 Å². The lowest BCUT2D eigenvalue weighted by molar-refractivity contribution is -0.141. The third kappa shape index (κ3) is 10.1. The van der Waals surface area contributed by atoms with Crippen molar-refractivity contribution in [3.05, 3.63) is 74.0 Å². The van der Waals surface area contributed by atoms with Crippen LogP contribution in [0.25, 0.3) is 18.2 Å². The molecule has 20 nitrogen and oxygen atoms in total. The molecule has 0 amide bonds. The number of aromatic nitrogens is 2. The van der Waals surface area contributed by atoms with Gasteiger partial charge in [-0.25, -0.2) is 4.79 Å². The fraction of sp³-hybridized carbons (Fsp3) is 0.429. The van der Waals surface area contributed by atoms with Gasteiger partial charge in [0, 0.05) is 93.6 Å². The minimum Gasteiger partial charge on any atom is -0.481 e. The van der Waals surface area contributed by atoms with Crippen LogP contribution in [0.1, 0.15) is 86.0 Å². The molecule has 2 unspecified atom stereocenters. The molecule has 0 aromatic carbocycles. The highest BCUT2D eigenvalue weighted by Crippen LogP contribution is 2.52. The van der Waals surface area contributed by atoms with Crippen LogP contribution in [0.5, 0.6) is 0 Å². The highest BCUT2D eigenvalue weighted by molar-refractivity contribution is 5.80. The fourth-order valence-electron chi connectivity index (χ4n) is 9.29. The zero-order valence-corrected chi connectivity index (χ0v) is 33.7. The molecule has 0 spiro atoms. The molecular weight excluding hydrogens is 816 g/mol. The Morgan fingerprint density at radius 3 is 1.77 bits per heavy atom. The molecule has 0 saturated carbocycles. The summed E-state index contributed by atoms with van der Waals surface area (Å²) >= 11 is 0. The van der Waals surface area contributed by atoms with Crippen molar-refractivity contribution >= 4 is 66.0 Å². The molecule has 0 radical (unpaired) electrons. The first-order chi connectivity index (χ1) is 29.0. The number of carboxylic acid groups (broad SMARTS) is 8. The van der Waals surface area contributed by atoms with Crippen LogP contribution in [0.15, 0.2) is 29.6 Å². The third-order valence-corrected chi connectivity index (χ3v) is 12.1. The molecule has 5 rings (SSSR count). The lowest BCUT2D eigenvalue weighted by atomic mass is 9.68. The zero-order chi connectivity index (χ0) is 45.8. The summed E-state index contributed by atoms with van der Waals surface area (Å²) in [4.78, 5) is 104. The van der Waals surface area contributed by atoms with Crippen molar-refractivity contribution in [1.29, 1.82) is 0 Å². The number of hydrogen-bond donors (Lipinski definition) is 12. The molecule has 2 fully saturated rings. The average Bonchev–Trinajstić information content (AvgIpc) is 3.77. The Morgan fingerprint density at radius 2 is 1.21 bits per heavy atom. The van der Waals surface area contributed by atoms with E-state index in [1.54, 1.807) is 19.9 Å². The predicted molar refractivity (Wildman–Crippen MR) is 215 cm³/mol. The number of H-pyrrole nitrogens is 2. The van der Waals surface area contributed by atoms with E-state index in [2.05, 4.69) is 20.6 Å². The Balaban J connectivity index is 2.01. The Hall–Kier alpha value is -6.96. The summed E-state index contributed by atoms with van der Waals surface area (Å²) in [6.07, 6.45) is 3.97. The van der Waals surface area contributed by atoms with Gasteiger partial charge in [-0.1, -0.05) is 19.9 Å². The van der Waals surface area contributed by atoms with Gasteiger partial charge in [-0.2, -0.15) is 0 Å². The average molecular weight is 865 g/mol. The van der Waals surface area contributed by atoms with Gasteiger partial charge in [0.15, 0.2) is 0 Å². The van der Waals surface area contributed by atoms with Crippen LogP contribution in [-0.2, 0) is 64.0 Å². The van der Waals surface area contributed by atoms with Gasteiger partial charge < -0.3 is 61.5 Å². The van der Waals surface area contributed by atoms with Crippen LogP contribution >= 0.6 is 0 Å². The second-order valence-electron chi connectivity index (χ2n) is 16.3. The van der Waals surface area contributed by atoms with Crippen molar-refractivity contribution in [1.82, 2.24) is 20.6 Å². The van der Waals surface area contributed by atoms with Crippen LogP contribution in [0.3, 0.4) is 0 Å². The smallest absolute Gasteiger partial charge is 0.327 e. The number of hydrogen-bond acceptors (Lipinski definition) is 10. The largest absolute Gasteiger partial charge is 0.481 e. The maximum absolute atomic E-state index is 12.6. The van der Waals surface area contributed by atoms with Gasteiger partial charge in [-0.05, 0) is 65.8 Å². The van der Waals surface area contributed by atoms with Crippen LogP contribution in [0, 0.1) is 22.7 Å². The number of aromatic amines is 2. The van der Waals surface area contributed by atoms with E-state index in [1.807, 2.05) is 0 Å². The first-order valence-electron chi connectivity index (χ1n) is 19.6. The Bertz CT molecular complexity index is 2440. The minimum absolute atomic E-state index is 0.118. The van der Waals surface area contributed by atoms with E-state index in [0.717, 1.165) is 6.08 Å². The first kappa shape index (κ1) is 46.1. The quantitative estimate of drug-likeness (QED) is 0.0880. The van der Waals surface area contributed by atoms with E-state index in [-0.39, 0.29) is 75.0 Å². The molecule has 2 saturated heterocycles. The SMILES string of the molecule is C[C@@]1(CC(=O)O)/C2=C/C3NC(/C=c4\[nH]/c(c(CCC(=O)O)c4CC(=O)O)=C\c4[nH]c(c(CC(=O)O)c4CCC(=O)O)/C=C(\N2)[C@H]1CCC(=O)O)[C@@](C)(CC(=O)O)[C@@H]3/C=C/C(=O)O. The number of allylic oxidation sites excluding steroid dienone is 2. The van der Waals surface area contributed by atoms with Gasteiger partial charge >= 0.3 is 47.8 Å². The maximum atomic E-state index is 12.6. The summed E-state index contributed by atoms with van der Waals surface area (Å²) < 4.78 is 0. The van der Waals surface area contributed by atoms with Gasteiger partial charge in [0.1, 0.15) is 0 Å². The van der Waals surface area contributed by atoms with Crippen LogP contribution in [0.4, 0.5) is 0 Å². The van der Waals surface area contributed by atoms with Crippen LogP contribution < -0.4 is 21.3 Å². The maximum Gasteiger partial charge on any atom is 0.327 e. The molecule has 6 atom stereocenters. The van der Waals surface area contributed by atoms with Crippen molar-refractivity contribution in [2.75, 3.05) is 0 Å². The van der Waals surface area contributed by atoms with Crippen LogP contribution in [-0.4, -0.2) is 111 Å². The fourth-order valence-corrected chi connectivity index (χ4v) is 9.29. The van der Waals surface area contributed by atoms with E-state index in [0.29, 0.717) is 0 Å². The number of carboxylic acids is 8. The molecule has 5 heterocycles. The summed E-state index contributed by atoms with van der Waals surface area (Å²) in [5, 5.41) is 86.7. The van der Waals surface area contributed by atoms with Gasteiger partial charge in [-0.15, -0.1) is 0 Å². The van der Waals surface area contributed by atoms with E-state index in [4.69, 9.17) is 0 Å².